The minimum absolute atomic E-state index is 0.0915. The maximum Gasteiger partial charge on any atom is 0.344 e. The molecule has 8 heteroatoms. The first kappa shape index (κ1) is 21.0. The number of imide groups is 1. The molecule has 1 unspecified atom stereocenters. The van der Waals surface area contributed by atoms with E-state index in [1.807, 2.05) is 26.0 Å². The number of rotatable bonds is 6. The molecule has 0 bridgehead atoms. The number of hydrogen-bond donors (Lipinski definition) is 2. The molecular formula is C21H28N2O6. The zero-order chi connectivity index (χ0) is 21.0. The van der Waals surface area contributed by atoms with Crippen molar-refractivity contribution in [1.82, 2.24) is 10.6 Å². The smallest absolute Gasteiger partial charge is 0.344 e. The lowest BCUT2D eigenvalue weighted by molar-refractivity contribution is -0.156. The summed E-state index contributed by atoms with van der Waals surface area (Å²) >= 11 is 0. The normalized spacial score (nSPS) is 18.3. The topological polar surface area (TPSA) is 103 Å². The highest BCUT2D eigenvalue weighted by molar-refractivity contribution is 5.97. The average molecular weight is 404 g/mol. The molecule has 0 spiro atoms. The van der Waals surface area contributed by atoms with Crippen molar-refractivity contribution in [3.63, 3.8) is 0 Å². The van der Waals surface area contributed by atoms with Crippen molar-refractivity contribution >= 4 is 17.9 Å². The van der Waals surface area contributed by atoms with E-state index in [4.69, 9.17) is 14.2 Å². The van der Waals surface area contributed by atoms with Crippen LogP contribution < -0.4 is 20.1 Å². The Morgan fingerprint density at radius 1 is 1.24 bits per heavy atom. The van der Waals surface area contributed by atoms with Gasteiger partial charge in [0.2, 0.25) is 0 Å². The maximum atomic E-state index is 12.1. The summed E-state index contributed by atoms with van der Waals surface area (Å²) in [6.07, 6.45) is 3.60. The first-order valence-electron chi connectivity index (χ1n) is 9.98. The highest BCUT2D eigenvalue weighted by atomic mass is 16.6. The Morgan fingerprint density at radius 2 is 1.97 bits per heavy atom. The highest BCUT2D eigenvalue weighted by Crippen LogP contribution is 2.41. The van der Waals surface area contributed by atoms with Gasteiger partial charge in [0.25, 0.3) is 5.91 Å². The second-order valence-electron chi connectivity index (χ2n) is 8.15. The molecule has 158 valence electrons. The standard InChI is InChI=1S/C21H28N2O6/c1-13(19(25)23-20(26)22-15-8-4-5-9-15)28-17(24)12-27-16-10-6-7-14-11-21(2,3)29-18(14)16/h6-7,10,13,15H,4-5,8-9,11-12H2,1-3H3,(H2,22,23,25,26). The summed E-state index contributed by atoms with van der Waals surface area (Å²) in [6.45, 7) is 5.00. The predicted molar refractivity (Wildman–Crippen MR) is 105 cm³/mol. The van der Waals surface area contributed by atoms with E-state index in [9.17, 15) is 14.4 Å². The quantitative estimate of drug-likeness (QED) is 0.706. The second kappa shape index (κ2) is 8.71. The number of hydrogen-bond acceptors (Lipinski definition) is 6. The predicted octanol–water partition coefficient (Wildman–Crippen LogP) is 2.48. The van der Waals surface area contributed by atoms with E-state index >= 15 is 0 Å². The molecule has 0 saturated heterocycles. The lowest BCUT2D eigenvalue weighted by Crippen LogP contribution is -2.47. The third-order valence-corrected chi connectivity index (χ3v) is 5.01. The average Bonchev–Trinajstić information content (AvgIpc) is 3.25. The van der Waals surface area contributed by atoms with Crippen LogP contribution in [-0.2, 0) is 20.7 Å². The summed E-state index contributed by atoms with van der Waals surface area (Å²) in [5.74, 6) is -0.309. The van der Waals surface area contributed by atoms with Gasteiger partial charge in [-0.2, -0.15) is 0 Å². The van der Waals surface area contributed by atoms with Crippen LogP contribution in [0, 0.1) is 0 Å². The number of carbonyl (C=O) groups excluding carboxylic acids is 3. The van der Waals surface area contributed by atoms with Crippen molar-refractivity contribution in [1.29, 1.82) is 0 Å². The Bertz CT molecular complexity index is 785. The van der Waals surface area contributed by atoms with Crippen LogP contribution in [0.25, 0.3) is 0 Å². The molecule has 8 nitrogen and oxygen atoms in total. The van der Waals surface area contributed by atoms with Gasteiger partial charge in [-0.25, -0.2) is 9.59 Å². The van der Waals surface area contributed by atoms with Crippen LogP contribution in [0.2, 0.25) is 0 Å². The molecule has 1 aromatic rings. The fourth-order valence-electron chi connectivity index (χ4n) is 3.63. The third kappa shape index (κ3) is 5.62. The molecule has 0 aromatic heterocycles. The summed E-state index contributed by atoms with van der Waals surface area (Å²) in [5.41, 5.74) is 0.690. The molecule has 1 aliphatic heterocycles. The Morgan fingerprint density at radius 3 is 2.69 bits per heavy atom. The number of carbonyl (C=O) groups is 3. The third-order valence-electron chi connectivity index (χ3n) is 5.01. The Kier molecular flexibility index (Phi) is 6.30. The van der Waals surface area contributed by atoms with Gasteiger partial charge >= 0.3 is 12.0 Å². The highest BCUT2D eigenvalue weighted by Gasteiger charge is 2.32. The Labute approximate surface area is 170 Å². The molecule has 1 saturated carbocycles. The second-order valence-corrected chi connectivity index (χ2v) is 8.15. The van der Waals surface area contributed by atoms with Crippen LogP contribution in [0.5, 0.6) is 11.5 Å². The number of amides is 3. The van der Waals surface area contributed by atoms with Gasteiger partial charge in [-0.05, 0) is 39.7 Å². The van der Waals surface area contributed by atoms with Crippen molar-refractivity contribution in [2.45, 2.75) is 70.6 Å². The van der Waals surface area contributed by atoms with E-state index in [-0.39, 0.29) is 18.2 Å². The molecule has 1 atom stereocenters. The first-order valence-corrected chi connectivity index (χ1v) is 9.98. The number of fused-ring (bicyclic) bond motifs is 1. The molecule has 29 heavy (non-hydrogen) atoms. The molecule has 3 amide bonds. The van der Waals surface area contributed by atoms with Crippen molar-refractivity contribution in [2.24, 2.45) is 0 Å². The lowest BCUT2D eigenvalue weighted by atomic mass is 10.0. The van der Waals surface area contributed by atoms with Crippen LogP contribution in [0.1, 0.15) is 52.0 Å². The Hall–Kier alpha value is -2.77. The maximum absolute atomic E-state index is 12.1. The zero-order valence-electron chi connectivity index (χ0n) is 17.1. The minimum Gasteiger partial charge on any atom is -0.483 e. The number of esters is 1. The van der Waals surface area contributed by atoms with E-state index in [2.05, 4.69) is 10.6 Å². The van der Waals surface area contributed by atoms with Crippen molar-refractivity contribution < 1.29 is 28.6 Å². The van der Waals surface area contributed by atoms with Crippen molar-refractivity contribution in [3.8, 4) is 11.5 Å². The summed E-state index contributed by atoms with van der Waals surface area (Å²) in [5, 5.41) is 4.95. The molecule has 2 N–H and O–H groups in total. The molecule has 1 aliphatic carbocycles. The molecule has 1 aromatic carbocycles. The molecule has 1 heterocycles. The summed E-state index contributed by atoms with van der Waals surface area (Å²) in [6, 6.07) is 5.04. The minimum atomic E-state index is -1.11. The fraction of sp³-hybridized carbons (Fsp3) is 0.571. The van der Waals surface area contributed by atoms with Gasteiger partial charge in [0.15, 0.2) is 24.2 Å². The van der Waals surface area contributed by atoms with Crippen LogP contribution in [0.3, 0.4) is 0 Å². The molecular weight excluding hydrogens is 376 g/mol. The summed E-state index contributed by atoms with van der Waals surface area (Å²) < 4.78 is 16.5. The van der Waals surface area contributed by atoms with Gasteiger partial charge < -0.3 is 19.5 Å². The van der Waals surface area contributed by atoms with E-state index in [0.717, 1.165) is 37.7 Å². The van der Waals surface area contributed by atoms with Gasteiger partial charge in [0, 0.05) is 18.0 Å². The number of para-hydroxylation sites is 1. The monoisotopic (exact) mass is 404 g/mol. The molecule has 1 fully saturated rings. The molecule has 0 radical (unpaired) electrons. The van der Waals surface area contributed by atoms with Gasteiger partial charge in [-0.1, -0.05) is 25.0 Å². The van der Waals surface area contributed by atoms with Crippen LogP contribution in [0.15, 0.2) is 18.2 Å². The first-order chi connectivity index (χ1) is 13.7. The van der Waals surface area contributed by atoms with Gasteiger partial charge in [0.05, 0.1) is 0 Å². The summed E-state index contributed by atoms with van der Waals surface area (Å²) in [4.78, 5) is 36.0. The van der Waals surface area contributed by atoms with Crippen molar-refractivity contribution in [3.05, 3.63) is 23.8 Å². The molecule has 3 rings (SSSR count). The van der Waals surface area contributed by atoms with Crippen LogP contribution in [-0.4, -0.2) is 42.3 Å². The van der Waals surface area contributed by atoms with Crippen LogP contribution >= 0.6 is 0 Å². The summed E-state index contributed by atoms with van der Waals surface area (Å²) in [7, 11) is 0. The van der Waals surface area contributed by atoms with Gasteiger partial charge in [-0.3, -0.25) is 10.1 Å². The van der Waals surface area contributed by atoms with Gasteiger partial charge in [0.1, 0.15) is 5.60 Å². The van der Waals surface area contributed by atoms with E-state index in [0.29, 0.717) is 11.5 Å². The number of benzene rings is 1. The van der Waals surface area contributed by atoms with Crippen LogP contribution in [0.4, 0.5) is 4.79 Å². The van der Waals surface area contributed by atoms with E-state index < -0.39 is 24.0 Å². The van der Waals surface area contributed by atoms with E-state index in [1.54, 1.807) is 6.07 Å². The molecule has 2 aliphatic rings. The van der Waals surface area contributed by atoms with Crippen molar-refractivity contribution in [2.75, 3.05) is 6.61 Å². The number of nitrogens with one attached hydrogen (secondary N) is 2. The number of urea groups is 1. The zero-order valence-corrected chi connectivity index (χ0v) is 17.1. The van der Waals surface area contributed by atoms with E-state index in [1.165, 1.54) is 6.92 Å². The Balaban J connectivity index is 1.44. The SMILES string of the molecule is CC(OC(=O)COc1cccc2c1OC(C)(C)C2)C(=O)NC(=O)NC1CCCC1. The number of ether oxygens (including phenoxy) is 3. The fourth-order valence-corrected chi connectivity index (χ4v) is 3.63. The lowest BCUT2D eigenvalue weighted by Gasteiger charge is -2.18. The van der Waals surface area contributed by atoms with Gasteiger partial charge in [-0.15, -0.1) is 0 Å². The largest absolute Gasteiger partial charge is 0.483 e.